The van der Waals surface area contributed by atoms with Crippen molar-refractivity contribution in [2.45, 2.75) is 93.9 Å². The number of ether oxygens (including phenoxy) is 1. The fourth-order valence-electron chi connectivity index (χ4n) is 5.99. The molecule has 5 rings (SSSR count). The molecule has 2 aliphatic carbocycles. The predicted molar refractivity (Wildman–Crippen MR) is 161 cm³/mol. The highest BCUT2D eigenvalue weighted by molar-refractivity contribution is 7.92. The van der Waals surface area contributed by atoms with Crippen LogP contribution in [0.15, 0.2) is 40.2 Å². The number of halogens is 1. The molecule has 2 fully saturated rings. The Kier molecular flexibility index (Phi) is 9.33. The molecule has 222 valence electrons. The third kappa shape index (κ3) is 6.61. The van der Waals surface area contributed by atoms with Gasteiger partial charge in [-0.1, -0.05) is 24.4 Å². The van der Waals surface area contributed by atoms with Crippen LogP contribution in [0.1, 0.15) is 76.3 Å². The maximum Gasteiger partial charge on any atom is 0.271 e. The van der Waals surface area contributed by atoms with Crippen LogP contribution in [0.5, 0.6) is 0 Å². The Morgan fingerprint density at radius 1 is 1.15 bits per heavy atom. The topological polar surface area (TPSA) is 123 Å². The molecular formula is C30H39ClN4O5S. The quantitative estimate of drug-likeness (QED) is 0.301. The number of pyridine rings is 1. The molecule has 41 heavy (non-hydrogen) atoms. The number of nitrogens with zero attached hydrogens (tertiary/aromatic N) is 3. The van der Waals surface area contributed by atoms with E-state index in [1.807, 2.05) is 6.92 Å². The van der Waals surface area contributed by atoms with Crippen LogP contribution in [0, 0.1) is 12.8 Å². The number of rotatable bonds is 10. The predicted octanol–water partition coefficient (Wildman–Crippen LogP) is 5.73. The Hall–Kier alpha value is -2.53. The highest BCUT2D eigenvalue weighted by Crippen LogP contribution is 2.32. The fraction of sp³-hybridized carbons (Fsp3) is 0.567. The normalized spacial score (nSPS) is 20.9. The second-order valence-corrected chi connectivity index (χ2v) is 14.3. The van der Waals surface area contributed by atoms with Crippen LogP contribution >= 0.6 is 11.6 Å². The molecule has 11 heteroatoms. The van der Waals surface area contributed by atoms with Gasteiger partial charge in [0.15, 0.2) is 9.84 Å². The number of sulfone groups is 1. The molecule has 1 atom stereocenters. The van der Waals surface area contributed by atoms with Crippen molar-refractivity contribution in [2.75, 3.05) is 18.5 Å². The largest absolute Gasteiger partial charge is 0.396 e. The number of aryl methyl sites for hydroxylation is 1. The molecule has 0 bridgehead atoms. The van der Waals surface area contributed by atoms with Gasteiger partial charge < -0.3 is 15.2 Å². The summed E-state index contributed by atoms with van der Waals surface area (Å²) in [5.41, 5.74) is 1.72. The first kappa shape index (κ1) is 29.9. The van der Waals surface area contributed by atoms with Gasteiger partial charge in [-0.05, 0) is 94.5 Å². The zero-order valence-electron chi connectivity index (χ0n) is 23.7. The zero-order valence-corrected chi connectivity index (χ0v) is 25.3. The molecule has 2 N–H and O–H groups in total. The van der Waals surface area contributed by atoms with Gasteiger partial charge in [-0.2, -0.15) is 4.98 Å². The maximum atomic E-state index is 13.3. The number of aromatic nitrogens is 3. The van der Waals surface area contributed by atoms with Crippen molar-refractivity contribution in [3.05, 3.63) is 51.4 Å². The van der Waals surface area contributed by atoms with Crippen LogP contribution in [0.2, 0.25) is 5.02 Å². The van der Waals surface area contributed by atoms with Gasteiger partial charge in [0.2, 0.25) is 5.95 Å². The Bertz CT molecular complexity index is 1550. The summed E-state index contributed by atoms with van der Waals surface area (Å²) < 4.78 is 34.3. The average molecular weight is 603 g/mol. The number of hydrogen-bond donors (Lipinski definition) is 2. The van der Waals surface area contributed by atoms with Gasteiger partial charge in [0.25, 0.3) is 5.56 Å². The third-order valence-corrected chi connectivity index (χ3v) is 11.1. The number of hydrogen-bond acceptors (Lipinski definition) is 8. The Morgan fingerprint density at radius 2 is 1.88 bits per heavy atom. The zero-order chi connectivity index (χ0) is 29.1. The second-order valence-electron chi connectivity index (χ2n) is 11.5. The molecule has 2 saturated carbocycles. The van der Waals surface area contributed by atoms with E-state index in [0.29, 0.717) is 41.6 Å². The number of aliphatic hydroxyl groups is 1. The summed E-state index contributed by atoms with van der Waals surface area (Å²) in [6.45, 7) is 4.18. The van der Waals surface area contributed by atoms with Crippen LogP contribution in [-0.2, 0) is 14.6 Å². The van der Waals surface area contributed by atoms with Crippen molar-refractivity contribution in [1.29, 1.82) is 0 Å². The first-order valence-corrected chi connectivity index (χ1v) is 16.5. The minimum absolute atomic E-state index is 0.0614. The molecule has 2 heterocycles. The van der Waals surface area contributed by atoms with E-state index in [4.69, 9.17) is 16.3 Å². The summed E-state index contributed by atoms with van der Waals surface area (Å²) in [6.07, 6.45) is 9.88. The van der Waals surface area contributed by atoms with Gasteiger partial charge >= 0.3 is 0 Å². The molecule has 3 aromatic rings. The van der Waals surface area contributed by atoms with E-state index >= 15 is 0 Å². The van der Waals surface area contributed by atoms with E-state index in [0.717, 1.165) is 56.9 Å². The van der Waals surface area contributed by atoms with E-state index in [1.54, 1.807) is 42.0 Å². The summed E-state index contributed by atoms with van der Waals surface area (Å²) in [6, 6.07) is 6.66. The third-order valence-electron chi connectivity index (χ3n) is 8.65. The van der Waals surface area contributed by atoms with Gasteiger partial charge in [-0.3, -0.25) is 9.36 Å². The molecule has 0 spiro atoms. The Balaban J connectivity index is 1.27. The maximum absolute atomic E-state index is 13.3. The molecule has 2 aromatic heterocycles. The summed E-state index contributed by atoms with van der Waals surface area (Å²) >= 11 is 6.24. The molecule has 0 aliphatic heterocycles. The lowest BCUT2D eigenvalue weighted by molar-refractivity contribution is 0.0104. The van der Waals surface area contributed by atoms with Crippen molar-refractivity contribution in [2.24, 2.45) is 5.92 Å². The second kappa shape index (κ2) is 12.8. The van der Waals surface area contributed by atoms with Crippen LogP contribution in [0.3, 0.4) is 0 Å². The minimum atomic E-state index is -3.54. The summed E-state index contributed by atoms with van der Waals surface area (Å²) in [4.78, 5) is 22.3. The summed E-state index contributed by atoms with van der Waals surface area (Å²) in [5.74, 6) is 0.684. The Labute approximate surface area is 246 Å². The van der Waals surface area contributed by atoms with Crippen LogP contribution in [0.4, 0.5) is 11.6 Å². The summed E-state index contributed by atoms with van der Waals surface area (Å²) in [5, 5.41) is 12.8. The molecule has 1 unspecified atom stereocenters. The van der Waals surface area contributed by atoms with Crippen molar-refractivity contribution in [3.8, 4) is 0 Å². The van der Waals surface area contributed by atoms with E-state index in [1.165, 1.54) is 0 Å². The average Bonchev–Trinajstić information content (AvgIpc) is 3.50. The summed E-state index contributed by atoms with van der Waals surface area (Å²) in [7, 11) is -3.54. The van der Waals surface area contributed by atoms with Crippen LogP contribution in [0.25, 0.3) is 11.0 Å². The molecule has 0 saturated heterocycles. The highest BCUT2D eigenvalue weighted by Gasteiger charge is 2.26. The van der Waals surface area contributed by atoms with Crippen molar-refractivity contribution in [1.82, 2.24) is 14.5 Å². The van der Waals surface area contributed by atoms with Crippen LogP contribution < -0.4 is 10.9 Å². The van der Waals surface area contributed by atoms with E-state index < -0.39 is 15.1 Å². The van der Waals surface area contributed by atoms with E-state index in [9.17, 15) is 18.3 Å². The van der Waals surface area contributed by atoms with Crippen molar-refractivity contribution in [3.63, 3.8) is 0 Å². The molecule has 0 radical (unpaired) electrons. The van der Waals surface area contributed by atoms with Crippen LogP contribution in [-0.4, -0.2) is 52.6 Å². The lowest BCUT2D eigenvalue weighted by atomic mass is 9.88. The van der Waals surface area contributed by atoms with Crippen molar-refractivity contribution < 1.29 is 18.3 Å². The first-order valence-electron chi connectivity index (χ1n) is 14.6. The molecule has 0 amide bonds. The van der Waals surface area contributed by atoms with Gasteiger partial charge in [-0.25, -0.2) is 13.4 Å². The smallest absolute Gasteiger partial charge is 0.271 e. The fourth-order valence-corrected chi connectivity index (χ4v) is 7.67. The minimum Gasteiger partial charge on any atom is -0.396 e. The SMILES string of the molecule is Cc1cc(S(=O)(=O)C(C)CCOC2CCC(CO)CC2)ccc1Nc1ncc2cc(Cl)c(=O)n(C3CCCC3)c2n1. The highest BCUT2D eigenvalue weighted by atomic mass is 35.5. The monoisotopic (exact) mass is 602 g/mol. The first-order chi connectivity index (χ1) is 19.7. The van der Waals surface area contributed by atoms with Crippen molar-refractivity contribution >= 4 is 44.1 Å². The lowest BCUT2D eigenvalue weighted by Gasteiger charge is -2.27. The van der Waals surface area contributed by atoms with E-state index in [2.05, 4.69) is 15.3 Å². The van der Waals surface area contributed by atoms with E-state index in [-0.39, 0.29) is 34.2 Å². The van der Waals surface area contributed by atoms with Gasteiger partial charge in [0.1, 0.15) is 10.7 Å². The van der Waals surface area contributed by atoms with Gasteiger partial charge in [0.05, 0.1) is 16.2 Å². The molecule has 2 aliphatic rings. The lowest BCUT2D eigenvalue weighted by Crippen LogP contribution is -2.26. The number of fused-ring (bicyclic) bond motifs is 1. The van der Waals surface area contributed by atoms with Gasteiger partial charge in [0, 0.05) is 36.5 Å². The number of nitrogens with one attached hydrogen (secondary N) is 1. The molecular weight excluding hydrogens is 564 g/mol. The number of benzene rings is 1. The molecule has 1 aromatic carbocycles. The standard InChI is InChI=1S/C30H39ClN4O5S/c1-19-15-25(41(38,39)20(2)13-14-40-24-9-7-21(18-36)8-10-24)11-12-27(19)33-30-32-17-22-16-26(31)29(37)35(28(22)34-30)23-5-3-4-6-23/h11-12,15-17,20-21,23-24,36H,3-10,13-14,18H2,1-2H3,(H,32,33,34). The Morgan fingerprint density at radius 3 is 2.56 bits per heavy atom. The number of anilines is 2. The van der Waals surface area contributed by atoms with Gasteiger partial charge in [-0.15, -0.1) is 0 Å². The molecule has 9 nitrogen and oxygen atoms in total. The number of aliphatic hydroxyl groups excluding tert-OH is 1.